The highest BCUT2D eigenvalue weighted by atomic mass is 16.6. The Balaban J connectivity index is 1.90. The molecule has 2 atom stereocenters. The van der Waals surface area contributed by atoms with Gasteiger partial charge in [0.1, 0.15) is 12.2 Å². The number of epoxide rings is 1. The number of benzene rings is 1. The first-order chi connectivity index (χ1) is 12.2. The molecule has 1 aromatic carbocycles. The van der Waals surface area contributed by atoms with Crippen molar-refractivity contribution >= 4 is 5.97 Å². The Labute approximate surface area is 155 Å². The van der Waals surface area contributed by atoms with Gasteiger partial charge in [0.25, 0.3) is 0 Å². The predicted molar refractivity (Wildman–Crippen MR) is 97.9 cm³/mol. The first-order valence-corrected chi connectivity index (χ1v) is 8.94. The minimum absolute atomic E-state index is 0.210. The number of rotatable bonds is 9. The van der Waals surface area contributed by atoms with Crippen LogP contribution < -0.4 is 5.32 Å². The van der Waals surface area contributed by atoms with Gasteiger partial charge in [0.05, 0.1) is 12.1 Å². The van der Waals surface area contributed by atoms with E-state index in [9.17, 15) is 9.90 Å². The number of carbonyl (C=O) groups excluding carboxylic acids is 1. The van der Waals surface area contributed by atoms with E-state index in [1.54, 1.807) is 6.92 Å². The summed E-state index contributed by atoms with van der Waals surface area (Å²) in [5, 5.41) is 13.2. The van der Waals surface area contributed by atoms with Crippen molar-refractivity contribution in [1.82, 2.24) is 5.32 Å². The van der Waals surface area contributed by atoms with E-state index in [0.29, 0.717) is 25.5 Å². The summed E-state index contributed by atoms with van der Waals surface area (Å²) in [5.41, 5.74) is 0.522. The second kappa shape index (κ2) is 8.94. The highest BCUT2D eigenvalue weighted by Gasteiger charge is 2.27. The number of ether oxygens (including phenoxy) is 3. The third-order valence-electron chi connectivity index (χ3n) is 3.75. The van der Waals surface area contributed by atoms with Gasteiger partial charge < -0.3 is 24.6 Å². The van der Waals surface area contributed by atoms with Crippen LogP contribution in [0.5, 0.6) is 0 Å². The minimum Gasteiger partial charge on any atom is -0.481 e. The lowest BCUT2D eigenvalue weighted by Gasteiger charge is -2.24. The fraction of sp³-hybridized carbons (Fsp3) is 0.550. The monoisotopic (exact) mass is 363 g/mol. The van der Waals surface area contributed by atoms with Crippen LogP contribution in [0.3, 0.4) is 0 Å². The Bertz CT molecular complexity index is 613. The third kappa shape index (κ3) is 7.35. The van der Waals surface area contributed by atoms with Crippen molar-refractivity contribution in [3.8, 4) is 0 Å². The number of aliphatic hydroxyl groups is 1. The molecule has 0 radical (unpaired) electrons. The van der Waals surface area contributed by atoms with E-state index in [-0.39, 0.29) is 18.4 Å². The van der Waals surface area contributed by atoms with Crippen LogP contribution in [0.2, 0.25) is 0 Å². The van der Waals surface area contributed by atoms with Gasteiger partial charge in [-0.2, -0.15) is 0 Å². The quantitative estimate of drug-likeness (QED) is 0.399. The number of carbonyl (C=O) groups is 1. The van der Waals surface area contributed by atoms with Gasteiger partial charge >= 0.3 is 5.97 Å². The van der Waals surface area contributed by atoms with Crippen molar-refractivity contribution in [2.24, 2.45) is 0 Å². The molecule has 0 amide bonds. The fourth-order valence-electron chi connectivity index (χ4n) is 2.37. The van der Waals surface area contributed by atoms with Gasteiger partial charge in [0.15, 0.2) is 12.4 Å². The molecule has 144 valence electrons. The van der Waals surface area contributed by atoms with Gasteiger partial charge in [-0.05, 0) is 39.7 Å². The summed E-state index contributed by atoms with van der Waals surface area (Å²) in [6.07, 6.45) is -0.0211. The molecular formula is C20H29NO5. The lowest BCUT2D eigenvalue weighted by atomic mass is 10.1. The molecule has 0 aromatic heterocycles. The van der Waals surface area contributed by atoms with Crippen molar-refractivity contribution in [3.05, 3.63) is 47.5 Å². The molecule has 2 rings (SSSR count). The molecular weight excluding hydrogens is 334 g/mol. The molecule has 1 heterocycles. The summed E-state index contributed by atoms with van der Waals surface area (Å²) >= 11 is 0. The molecule has 1 saturated heterocycles. The van der Waals surface area contributed by atoms with Crippen molar-refractivity contribution in [3.63, 3.8) is 0 Å². The van der Waals surface area contributed by atoms with Gasteiger partial charge in [0, 0.05) is 6.42 Å². The Morgan fingerprint density at radius 3 is 2.50 bits per heavy atom. The molecule has 1 aliphatic rings. The van der Waals surface area contributed by atoms with Crippen LogP contribution in [0.25, 0.3) is 0 Å². The standard InChI is InChI=1S/C20H29NO5/c1-14(22)16(10-11-18(23)26-20(2,3)4)21-19(17-13-24-17)25-12-15-8-6-5-7-9-15/h5-9,14,16,21-22H,10-13H2,1-4H3/b19-17-/t14?,16-/m0/s1. The number of hydrogen-bond acceptors (Lipinski definition) is 6. The molecule has 0 spiro atoms. The van der Waals surface area contributed by atoms with E-state index < -0.39 is 11.7 Å². The van der Waals surface area contributed by atoms with Crippen LogP contribution >= 0.6 is 0 Å². The Morgan fingerprint density at radius 1 is 1.31 bits per heavy atom. The average molecular weight is 363 g/mol. The largest absolute Gasteiger partial charge is 0.481 e. The molecule has 0 bridgehead atoms. The van der Waals surface area contributed by atoms with E-state index >= 15 is 0 Å². The molecule has 1 aromatic rings. The van der Waals surface area contributed by atoms with E-state index in [0.717, 1.165) is 11.3 Å². The number of nitrogens with one attached hydrogen (secondary N) is 1. The van der Waals surface area contributed by atoms with Crippen LogP contribution in [0.4, 0.5) is 0 Å². The molecule has 1 unspecified atom stereocenters. The summed E-state index contributed by atoms with van der Waals surface area (Å²) in [6.45, 7) is 8.09. The number of esters is 1. The SMILES string of the molecule is CC(O)[C@H](CCC(=O)OC(C)(C)C)N/C(OCc1ccccc1)=C1\CO1. The summed E-state index contributed by atoms with van der Waals surface area (Å²) in [4.78, 5) is 11.9. The van der Waals surface area contributed by atoms with E-state index in [2.05, 4.69) is 5.32 Å². The smallest absolute Gasteiger partial charge is 0.306 e. The summed E-state index contributed by atoms with van der Waals surface area (Å²) < 4.78 is 16.4. The summed E-state index contributed by atoms with van der Waals surface area (Å²) in [5.74, 6) is 0.958. The lowest BCUT2D eigenvalue weighted by molar-refractivity contribution is -0.155. The van der Waals surface area contributed by atoms with Gasteiger partial charge in [-0.1, -0.05) is 30.3 Å². The molecule has 0 aliphatic carbocycles. The maximum atomic E-state index is 11.9. The zero-order chi connectivity index (χ0) is 19.2. The van der Waals surface area contributed by atoms with Crippen molar-refractivity contribution in [1.29, 1.82) is 0 Å². The van der Waals surface area contributed by atoms with Gasteiger partial charge in [-0.15, -0.1) is 0 Å². The van der Waals surface area contributed by atoms with Crippen LogP contribution in [0.1, 0.15) is 46.1 Å². The lowest BCUT2D eigenvalue weighted by Crippen LogP contribution is -2.39. The highest BCUT2D eigenvalue weighted by Crippen LogP contribution is 2.22. The number of aliphatic hydroxyl groups excluding tert-OH is 1. The van der Waals surface area contributed by atoms with Gasteiger partial charge in [-0.25, -0.2) is 0 Å². The highest BCUT2D eigenvalue weighted by molar-refractivity contribution is 5.69. The molecule has 2 N–H and O–H groups in total. The van der Waals surface area contributed by atoms with Crippen molar-refractivity contribution < 1.29 is 24.1 Å². The zero-order valence-electron chi connectivity index (χ0n) is 16.0. The zero-order valence-corrected chi connectivity index (χ0v) is 16.0. The predicted octanol–water partition coefficient (Wildman–Crippen LogP) is 2.86. The summed E-state index contributed by atoms with van der Waals surface area (Å²) in [6, 6.07) is 9.46. The van der Waals surface area contributed by atoms with Crippen LogP contribution in [0, 0.1) is 0 Å². The topological polar surface area (TPSA) is 80.3 Å². The van der Waals surface area contributed by atoms with E-state index in [4.69, 9.17) is 14.2 Å². The fourth-order valence-corrected chi connectivity index (χ4v) is 2.37. The van der Waals surface area contributed by atoms with Gasteiger partial charge in [0.2, 0.25) is 5.88 Å². The Morgan fingerprint density at radius 2 is 1.96 bits per heavy atom. The van der Waals surface area contributed by atoms with Gasteiger partial charge in [-0.3, -0.25) is 4.79 Å². The Hall–Kier alpha value is -2.21. The molecule has 0 saturated carbocycles. The van der Waals surface area contributed by atoms with Crippen LogP contribution in [-0.2, 0) is 25.6 Å². The third-order valence-corrected chi connectivity index (χ3v) is 3.75. The number of hydrogen-bond donors (Lipinski definition) is 2. The maximum Gasteiger partial charge on any atom is 0.306 e. The average Bonchev–Trinajstić information content (AvgIpc) is 3.38. The normalized spacial score (nSPS) is 17.6. The first-order valence-electron chi connectivity index (χ1n) is 8.94. The van der Waals surface area contributed by atoms with Crippen molar-refractivity contribution in [2.45, 2.75) is 64.9 Å². The molecule has 1 fully saturated rings. The first kappa shape index (κ1) is 20.1. The van der Waals surface area contributed by atoms with E-state index in [1.165, 1.54) is 0 Å². The minimum atomic E-state index is -0.660. The van der Waals surface area contributed by atoms with Crippen LogP contribution in [0.15, 0.2) is 42.0 Å². The molecule has 26 heavy (non-hydrogen) atoms. The Kier molecular flexibility index (Phi) is 6.91. The maximum absolute atomic E-state index is 11.9. The summed E-state index contributed by atoms with van der Waals surface area (Å²) in [7, 11) is 0. The molecule has 6 nitrogen and oxygen atoms in total. The second-order valence-corrected chi connectivity index (χ2v) is 7.43. The second-order valence-electron chi connectivity index (χ2n) is 7.43. The molecule has 1 aliphatic heterocycles. The van der Waals surface area contributed by atoms with Crippen molar-refractivity contribution in [2.75, 3.05) is 6.61 Å². The van der Waals surface area contributed by atoms with Crippen LogP contribution in [-0.4, -0.2) is 35.4 Å². The molecule has 6 heteroatoms. The van der Waals surface area contributed by atoms with E-state index in [1.807, 2.05) is 51.1 Å².